The minimum Gasteiger partial charge on any atom is -0.397 e. The molecule has 5 nitrogen and oxygen atoms in total. The fraction of sp³-hybridized carbons (Fsp3) is 0.167. The second-order valence-corrected chi connectivity index (χ2v) is 9.56. The number of benzene rings is 3. The summed E-state index contributed by atoms with van der Waals surface area (Å²) in [6.45, 7) is 6.61. The van der Waals surface area contributed by atoms with Crippen molar-refractivity contribution in [1.29, 1.82) is 0 Å². The highest BCUT2D eigenvalue weighted by Gasteiger charge is 2.51. The van der Waals surface area contributed by atoms with Crippen LogP contribution < -0.4 is 19.7 Å². The van der Waals surface area contributed by atoms with Gasteiger partial charge in [0.15, 0.2) is 0 Å². The summed E-state index contributed by atoms with van der Waals surface area (Å²) in [5.41, 5.74) is 11.4. The molecule has 0 spiro atoms. The van der Waals surface area contributed by atoms with Gasteiger partial charge in [-0.25, -0.2) is 4.57 Å². The highest BCUT2D eigenvalue weighted by atomic mass is 31.2. The zero-order valence-electron chi connectivity index (χ0n) is 17.6. The number of nitrogens with two attached hydrogens (primary N) is 1. The lowest BCUT2D eigenvalue weighted by Crippen LogP contribution is -2.35. The molecule has 0 atom stereocenters. The quantitative estimate of drug-likeness (QED) is 0.380. The molecule has 6 heteroatoms. The minimum atomic E-state index is -3.36. The lowest BCUT2D eigenvalue weighted by molar-refractivity contribution is 0.571. The lowest BCUT2D eigenvalue weighted by Gasteiger charge is -2.42. The average molecular weight is 418 g/mol. The summed E-state index contributed by atoms with van der Waals surface area (Å²) in [7, 11) is -3.36. The second kappa shape index (κ2) is 7.92. The van der Waals surface area contributed by atoms with E-state index in [1.807, 2.05) is 120 Å². The van der Waals surface area contributed by atoms with E-state index in [1.165, 1.54) is 0 Å². The van der Waals surface area contributed by atoms with Gasteiger partial charge in [-0.05, 0) is 57.2 Å². The van der Waals surface area contributed by atoms with Crippen LogP contribution in [0.25, 0.3) is 0 Å². The van der Waals surface area contributed by atoms with Crippen LogP contribution in [0, 0.1) is 0 Å². The zero-order chi connectivity index (χ0) is 21.3. The van der Waals surface area contributed by atoms with Crippen LogP contribution in [0.2, 0.25) is 0 Å². The molecule has 0 aliphatic carbocycles. The van der Waals surface area contributed by atoms with Crippen LogP contribution >= 0.6 is 7.59 Å². The molecular formula is C24H27N4OP. The van der Waals surface area contributed by atoms with E-state index in [4.69, 9.17) is 5.73 Å². The van der Waals surface area contributed by atoms with Crippen molar-refractivity contribution in [2.45, 2.75) is 20.8 Å². The summed E-state index contributed by atoms with van der Waals surface area (Å²) in [6, 6.07) is 27.5. The van der Waals surface area contributed by atoms with Gasteiger partial charge in [-0.1, -0.05) is 48.5 Å². The number of hydrogen-bond acceptors (Lipinski definition) is 2. The fourth-order valence-electron chi connectivity index (χ4n) is 4.05. The van der Waals surface area contributed by atoms with Gasteiger partial charge in [-0.2, -0.15) is 0 Å². The molecule has 0 radical (unpaired) electrons. The van der Waals surface area contributed by atoms with Crippen LogP contribution in [0.5, 0.6) is 0 Å². The largest absolute Gasteiger partial charge is 0.397 e. The Bertz CT molecular complexity index is 1050. The average Bonchev–Trinajstić information content (AvgIpc) is 2.97. The number of nitrogens with zero attached hydrogens (tertiary/aromatic N) is 3. The molecule has 0 unspecified atom stereocenters. The maximum absolute atomic E-state index is 15.3. The normalized spacial score (nSPS) is 15.6. The molecule has 3 aromatic carbocycles. The number of nitrogen functional groups attached to an aromatic ring is 1. The first-order valence-corrected chi connectivity index (χ1v) is 11.7. The van der Waals surface area contributed by atoms with Gasteiger partial charge >= 0.3 is 7.59 Å². The Morgan fingerprint density at radius 1 is 0.767 bits per heavy atom. The first kappa shape index (κ1) is 20.1. The van der Waals surface area contributed by atoms with Crippen LogP contribution in [-0.4, -0.2) is 6.54 Å². The molecule has 0 aromatic heterocycles. The van der Waals surface area contributed by atoms with Gasteiger partial charge in [0.2, 0.25) is 0 Å². The van der Waals surface area contributed by atoms with Crippen molar-refractivity contribution < 1.29 is 4.57 Å². The van der Waals surface area contributed by atoms with Crippen molar-refractivity contribution in [3.05, 3.63) is 96.3 Å². The number of rotatable bonds is 5. The summed E-state index contributed by atoms with van der Waals surface area (Å²) in [5.74, 6) is 0. The standard InChI is InChI=1S/C24H27N4OP/c1-4-26(24-18-12-11-17-23(24)25)30(29)27(21-13-7-5-8-14-21)19(2)20(3)28(30)22-15-9-6-10-16-22/h5-18H,4,25H2,1-3H3. The molecule has 0 fully saturated rings. The van der Waals surface area contributed by atoms with Crippen LogP contribution in [0.1, 0.15) is 20.8 Å². The Morgan fingerprint density at radius 3 is 1.63 bits per heavy atom. The Kier molecular flexibility index (Phi) is 5.31. The SMILES string of the molecule is CCN(c1ccccc1N)P1(=O)N(c2ccccc2)C(C)=C(C)N1c1ccccc1. The fourth-order valence-corrected chi connectivity index (χ4v) is 7.43. The molecule has 1 aliphatic rings. The van der Waals surface area contributed by atoms with Crippen LogP contribution in [-0.2, 0) is 4.57 Å². The number of para-hydroxylation sites is 4. The lowest BCUT2D eigenvalue weighted by atomic mass is 10.2. The second-order valence-electron chi connectivity index (χ2n) is 7.25. The van der Waals surface area contributed by atoms with E-state index >= 15 is 4.57 Å². The smallest absolute Gasteiger partial charge is 0.369 e. The highest BCUT2D eigenvalue weighted by Crippen LogP contribution is 2.68. The van der Waals surface area contributed by atoms with E-state index in [0.717, 1.165) is 28.5 Å². The predicted octanol–water partition coefficient (Wildman–Crippen LogP) is 6.48. The molecule has 30 heavy (non-hydrogen) atoms. The highest BCUT2D eigenvalue weighted by molar-refractivity contribution is 7.69. The molecule has 4 rings (SSSR count). The molecule has 2 N–H and O–H groups in total. The first-order valence-electron chi connectivity index (χ1n) is 10.1. The van der Waals surface area contributed by atoms with Gasteiger partial charge in [0.05, 0.1) is 22.7 Å². The maximum atomic E-state index is 15.3. The third-order valence-corrected chi connectivity index (χ3v) is 8.74. The Balaban J connectivity index is 1.99. The van der Waals surface area contributed by atoms with Crippen LogP contribution in [0.3, 0.4) is 0 Å². The Hall–Kier alpha value is -3.17. The van der Waals surface area contributed by atoms with Crippen LogP contribution in [0.15, 0.2) is 96.3 Å². The molecule has 1 heterocycles. The zero-order valence-corrected chi connectivity index (χ0v) is 18.5. The Labute approximate surface area is 178 Å². The maximum Gasteiger partial charge on any atom is 0.369 e. The van der Waals surface area contributed by atoms with Crippen LogP contribution in [0.4, 0.5) is 22.7 Å². The molecule has 0 amide bonds. The van der Waals surface area contributed by atoms with Crippen molar-refractivity contribution >= 4 is 30.3 Å². The monoisotopic (exact) mass is 418 g/mol. The number of anilines is 4. The van der Waals surface area contributed by atoms with Gasteiger partial charge < -0.3 is 5.73 Å². The first-order chi connectivity index (χ1) is 14.5. The predicted molar refractivity (Wildman–Crippen MR) is 128 cm³/mol. The molecule has 0 bridgehead atoms. The Morgan fingerprint density at radius 2 is 1.20 bits per heavy atom. The summed E-state index contributed by atoms with van der Waals surface area (Å²) in [6.07, 6.45) is 0. The van der Waals surface area contributed by atoms with Crippen molar-refractivity contribution in [2.24, 2.45) is 0 Å². The minimum absolute atomic E-state index is 0.540. The topological polar surface area (TPSA) is 52.8 Å². The molecule has 154 valence electrons. The van der Waals surface area contributed by atoms with E-state index in [1.54, 1.807) is 0 Å². The van der Waals surface area contributed by atoms with Crippen molar-refractivity contribution in [2.75, 3.05) is 26.3 Å². The third kappa shape index (κ3) is 3.06. The van der Waals surface area contributed by atoms with Gasteiger partial charge in [-0.3, -0.25) is 14.0 Å². The molecule has 0 saturated carbocycles. The van der Waals surface area contributed by atoms with Crippen molar-refractivity contribution in [3.63, 3.8) is 0 Å². The number of allylic oxidation sites excluding steroid dienone is 2. The van der Waals surface area contributed by atoms with E-state index in [-0.39, 0.29) is 0 Å². The van der Waals surface area contributed by atoms with Crippen molar-refractivity contribution in [1.82, 2.24) is 0 Å². The summed E-state index contributed by atoms with van der Waals surface area (Å²) >= 11 is 0. The molecular weight excluding hydrogens is 391 g/mol. The molecule has 1 aliphatic heterocycles. The van der Waals surface area contributed by atoms with Gasteiger partial charge in [0.1, 0.15) is 0 Å². The van der Waals surface area contributed by atoms with Gasteiger partial charge in [-0.15, -0.1) is 0 Å². The van der Waals surface area contributed by atoms with Gasteiger partial charge in [0.25, 0.3) is 0 Å². The molecule has 3 aromatic rings. The van der Waals surface area contributed by atoms with E-state index in [2.05, 4.69) is 0 Å². The van der Waals surface area contributed by atoms with Crippen molar-refractivity contribution in [3.8, 4) is 0 Å². The third-order valence-electron chi connectivity index (χ3n) is 5.51. The summed E-state index contributed by atoms with van der Waals surface area (Å²) < 4.78 is 21.2. The summed E-state index contributed by atoms with van der Waals surface area (Å²) in [4.78, 5) is 0. The van der Waals surface area contributed by atoms with E-state index in [9.17, 15) is 0 Å². The molecule has 0 saturated heterocycles. The summed E-state index contributed by atoms with van der Waals surface area (Å²) in [5, 5.41) is 0. The van der Waals surface area contributed by atoms with E-state index in [0.29, 0.717) is 12.2 Å². The van der Waals surface area contributed by atoms with E-state index < -0.39 is 7.59 Å². The van der Waals surface area contributed by atoms with Gasteiger partial charge in [0, 0.05) is 17.9 Å². The number of hydrogen-bond donors (Lipinski definition) is 1.